The second-order valence-electron chi connectivity index (χ2n) is 1.48. The average Bonchev–Trinajstić information content (AvgIpc) is 1.63. The van der Waals surface area contributed by atoms with Gasteiger partial charge in [-0.05, 0) is 6.92 Å². The zero-order valence-electron chi connectivity index (χ0n) is 4.74. The lowest BCUT2D eigenvalue weighted by Crippen LogP contribution is -2.16. The van der Waals surface area contributed by atoms with Gasteiger partial charge in [-0.25, -0.2) is 0 Å². The van der Waals surface area contributed by atoms with Crippen molar-refractivity contribution in [1.82, 2.24) is 0 Å². The zero-order valence-corrected chi connectivity index (χ0v) is 7.33. The number of halogens is 1. The molecule has 0 saturated carbocycles. The Morgan fingerprint density at radius 2 is 2.22 bits per heavy atom. The van der Waals surface area contributed by atoms with Crippen molar-refractivity contribution in [2.45, 2.75) is 18.0 Å². The molecule has 0 spiro atoms. The van der Waals surface area contributed by atoms with Crippen molar-refractivity contribution < 1.29 is 19.1 Å². The molecule has 0 aromatic heterocycles. The summed E-state index contributed by atoms with van der Waals surface area (Å²) >= 11 is 2.84. The zero-order chi connectivity index (χ0) is 7.44. The second kappa shape index (κ2) is 4.41. The van der Waals surface area contributed by atoms with Gasteiger partial charge in [0.1, 0.15) is 5.01 Å². The minimum atomic E-state index is -2.94. The van der Waals surface area contributed by atoms with Crippen LogP contribution in [0.4, 0.5) is 0 Å². The summed E-state index contributed by atoms with van der Waals surface area (Å²) in [5.74, 6) is 0. The molecule has 9 heavy (non-hydrogen) atoms. The van der Waals surface area contributed by atoms with Crippen molar-refractivity contribution >= 4 is 24.2 Å². The first-order valence-electron chi connectivity index (χ1n) is 2.25. The lowest BCUT2D eigenvalue weighted by molar-refractivity contribution is 0.102. The molecule has 0 aliphatic rings. The Balaban J connectivity index is 3.50. The van der Waals surface area contributed by atoms with Gasteiger partial charge in [-0.1, -0.05) is 15.9 Å². The van der Waals surface area contributed by atoms with E-state index in [4.69, 9.17) is 10.00 Å². The molecular formula is C3H8BrO4P. The number of alkyl halides is 1. The number of hydrogen-bond acceptors (Lipinski definition) is 3. The van der Waals surface area contributed by atoms with Crippen LogP contribution in [-0.4, -0.2) is 21.1 Å². The van der Waals surface area contributed by atoms with Gasteiger partial charge in [-0.2, -0.15) is 0 Å². The predicted octanol–water partition coefficient (Wildman–Crippen LogP) is 0.487. The van der Waals surface area contributed by atoms with E-state index in [0.717, 1.165) is 0 Å². The molecule has 0 rings (SSSR count). The molecule has 0 bridgehead atoms. The van der Waals surface area contributed by atoms with Crippen LogP contribution >= 0.6 is 24.2 Å². The van der Waals surface area contributed by atoms with Gasteiger partial charge in [0, 0.05) is 0 Å². The third-order valence-corrected chi connectivity index (χ3v) is 2.35. The molecule has 0 saturated heterocycles. The summed E-state index contributed by atoms with van der Waals surface area (Å²) in [5.41, 5.74) is 0. The largest absolute Gasteiger partial charge is 0.390 e. The maximum Gasteiger partial charge on any atom is 0.317 e. The number of rotatable bonds is 3. The average molecular weight is 219 g/mol. The lowest BCUT2D eigenvalue weighted by Gasteiger charge is -2.10. The highest BCUT2D eigenvalue weighted by atomic mass is 79.9. The maximum atomic E-state index is 9.94. The lowest BCUT2D eigenvalue weighted by atomic mass is 10.5. The Labute approximate surface area is 61.9 Å². The first kappa shape index (κ1) is 9.59. The number of hydrogen-bond donors (Lipinski definition) is 2. The molecule has 0 aromatic rings. The Morgan fingerprint density at radius 3 is 2.33 bits per heavy atom. The summed E-state index contributed by atoms with van der Waals surface area (Å²) in [6.07, 6.45) is -0.786. The summed E-state index contributed by atoms with van der Waals surface area (Å²) in [4.78, 5) is 8.15. The van der Waals surface area contributed by atoms with Gasteiger partial charge in [0.05, 0.1) is 6.10 Å². The third-order valence-electron chi connectivity index (χ3n) is 0.593. The normalized spacial score (nSPS) is 20.9. The summed E-state index contributed by atoms with van der Waals surface area (Å²) in [5, 5.41) is 7.91. The van der Waals surface area contributed by atoms with Gasteiger partial charge < -0.3 is 10.00 Å². The van der Waals surface area contributed by atoms with Gasteiger partial charge in [-0.3, -0.25) is 9.09 Å². The van der Waals surface area contributed by atoms with E-state index in [9.17, 15) is 4.57 Å². The van der Waals surface area contributed by atoms with Crippen LogP contribution in [0.1, 0.15) is 6.92 Å². The Bertz CT molecular complexity index is 106. The molecule has 6 heteroatoms. The fraction of sp³-hybridized carbons (Fsp3) is 1.00. The van der Waals surface area contributed by atoms with Crippen LogP contribution in [0.3, 0.4) is 0 Å². The highest BCUT2D eigenvalue weighted by Gasteiger charge is 2.12. The van der Waals surface area contributed by atoms with E-state index in [1.165, 1.54) is 6.92 Å². The van der Waals surface area contributed by atoms with E-state index in [2.05, 4.69) is 20.5 Å². The van der Waals surface area contributed by atoms with Crippen LogP contribution in [-0.2, 0) is 9.09 Å². The molecule has 0 amide bonds. The third kappa shape index (κ3) is 5.06. The summed E-state index contributed by atoms with van der Waals surface area (Å²) in [6.45, 7) is 1.45. The quantitative estimate of drug-likeness (QED) is 0.535. The molecule has 0 heterocycles. The molecule has 0 radical (unpaired) electrons. The van der Waals surface area contributed by atoms with Crippen LogP contribution in [0.25, 0.3) is 0 Å². The van der Waals surface area contributed by atoms with Crippen molar-refractivity contribution in [1.29, 1.82) is 0 Å². The predicted molar refractivity (Wildman–Crippen MR) is 36.7 cm³/mol. The first-order valence-corrected chi connectivity index (χ1v) is 4.43. The molecule has 1 unspecified atom stereocenters. The van der Waals surface area contributed by atoms with E-state index in [1.54, 1.807) is 0 Å². The molecule has 4 nitrogen and oxygen atoms in total. The topological polar surface area (TPSA) is 66.8 Å². The minimum absolute atomic E-state index is 0.756. The standard InChI is InChI=1S/C3H8BrO4P/c1-2(5)3(4)8-9(6)7/h2-3,5,9H,1H3,(H,6,7)/t2-,3-/m1/s1. The van der Waals surface area contributed by atoms with Crippen LogP contribution < -0.4 is 0 Å². The molecule has 0 aliphatic heterocycles. The fourth-order valence-corrected chi connectivity index (χ4v) is 1.06. The van der Waals surface area contributed by atoms with E-state index >= 15 is 0 Å². The highest BCUT2D eigenvalue weighted by Crippen LogP contribution is 2.22. The SMILES string of the molecule is C[C@@H](O)[C@H](Br)O[PH](=O)O. The Kier molecular flexibility index (Phi) is 4.70. The maximum absolute atomic E-state index is 9.94. The Morgan fingerprint density at radius 1 is 1.78 bits per heavy atom. The van der Waals surface area contributed by atoms with Crippen molar-refractivity contribution in [3.05, 3.63) is 0 Å². The van der Waals surface area contributed by atoms with Crippen molar-refractivity contribution in [3.63, 3.8) is 0 Å². The number of aliphatic hydroxyl groups is 1. The van der Waals surface area contributed by atoms with E-state index < -0.39 is 19.4 Å². The van der Waals surface area contributed by atoms with Gasteiger partial charge in [0.2, 0.25) is 0 Å². The monoisotopic (exact) mass is 218 g/mol. The van der Waals surface area contributed by atoms with Gasteiger partial charge in [-0.15, -0.1) is 0 Å². The molecule has 2 N–H and O–H groups in total. The van der Waals surface area contributed by atoms with Crippen molar-refractivity contribution in [2.75, 3.05) is 0 Å². The van der Waals surface area contributed by atoms with Crippen molar-refractivity contribution in [2.24, 2.45) is 0 Å². The van der Waals surface area contributed by atoms with Gasteiger partial charge in [0.25, 0.3) is 0 Å². The van der Waals surface area contributed by atoms with E-state index in [0.29, 0.717) is 0 Å². The Hall–Kier alpha value is 0.590. The second-order valence-corrected chi connectivity index (χ2v) is 3.15. The molecule has 3 atom stereocenters. The van der Waals surface area contributed by atoms with E-state index in [-0.39, 0.29) is 0 Å². The van der Waals surface area contributed by atoms with Gasteiger partial charge in [0.15, 0.2) is 0 Å². The molecule has 0 aliphatic carbocycles. The van der Waals surface area contributed by atoms with E-state index in [1.807, 2.05) is 0 Å². The summed E-state index contributed by atoms with van der Waals surface area (Å²) in [7, 11) is -2.94. The molecule has 56 valence electrons. The number of aliphatic hydroxyl groups excluding tert-OH is 1. The fourth-order valence-electron chi connectivity index (χ4n) is 0.195. The summed E-state index contributed by atoms with van der Waals surface area (Å²) < 4.78 is 14.2. The molecular weight excluding hydrogens is 211 g/mol. The minimum Gasteiger partial charge on any atom is -0.390 e. The van der Waals surface area contributed by atoms with Crippen LogP contribution in [0, 0.1) is 0 Å². The van der Waals surface area contributed by atoms with Crippen LogP contribution in [0.15, 0.2) is 0 Å². The van der Waals surface area contributed by atoms with Gasteiger partial charge >= 0.3 is 8.25 Å². The first-order chi connectivity index (χ1) is 4.04. The smallest absolute Gasteiger partial charge is 0.317 e. The molecule has 0 fully saturated rings. The van der Waals surface area contributed by atoms with Crippen molar-refractivity contribution in [3.8, 4) is 0 Å². The summed E-state index contributed by atoms with van der Waals surface area (Å²) in [6, 6.07) is 0. The van der Waals surface area contributed by atoms with Crippen LogP contribution in [0.2, 0.25) is 0 Å². The van der Waals surface area contributed by atoms with Crippen LogP contribution in [0.5, 0.6) is 0 Å². The molecule has 0 aromatic carbocycles. The highest BCUT2D eigenvalue weighted by molar-refractivity contribution is 9.09.